The highest BCUT2D eigenvalue weighted by Crippen LogP contribution is 2.72. The third-order valence-corrected chi connectivity index (χ3v) is 11.5. The summed E-state index contributed by atoms with van der Waals surface area (Å²) in [4.78, 5) is 38.9. The first-order chi connectivity index (χ1) is 16.6. The molecule has 10 atom stereocenters. The van der Waals surface area contributed by atoms with Crippen LogP contribution in [0.5, 0.6) is 0 Å². The van der Waals surface area contributed by atoms with Crippen molar-refractivity contribution in [3.8, 4) is 0 Å². The molecule has 0 amide bonds. The van der Waals surface area contributed by atoms with Crippen LogP contribution in [0.3, 0.4) is 0 Å². The van der Waals surface area contributed by atoms with Gasteiger partial charge in [0.15, 0.2) is 17.2 Å². The molecule has 0 aromatic rings. The van der Waals surface area contributed by atoms with E-state index in [9.17, 15) is 14.4 Å². The summed E-state index contributed by atoms with van der Waals surface area (Å²) in [6, 6.07) is 0. The Morgan fingerprint density at radius 1 is 1.09 bits per heavy atom. The highest BCUT2D eigenvalue weighted by atomic mass is 16.6. The predicted molar refractivity (Wildman–Crippen MR) is 128 cm³/mol. The van der Waals surface area contributed by atoms with Crippen LogP contribution in [0.25, 0.3) is 0 Å². The number of methoxy groups -OCH3 is 1. The molecule has 4 fully saturated rings. The Morgan fingerprint density at radius 2 is 1.83 bits per heavy atom. The number of hydrogen-bond acceptors (Lipinski definition) is 6. The Balaban J connectivity index is 1.26. The maximum absolute atomic E-state index is 13.3. The van der Waals surface area contributed by atoms with Crippen molar-refractivity contribution in [2.75, 3.05) is 13.7 Å². The molecule has 190 valence electrons. The molecule has 0 N–H and O–H groups in total. The number of esters is 1. The lowest BCUT2D eigenvalue weighted by Gasteiger charge is -2.57. The molecular weight excluding hydrogens is 444 g/mol. The lowest BCUT2D eigenvalue weighted by molar-refractivity contribution is -0.155. The van der Waals surface area contributed by atoms with Crippen LogP contribution in [0.15, 0.2) is 23.3 Å². The van der Waals surface area contributed by atoms with Crippen molar-refractivity contribution in [1.82, 2.24) is 0 Å². The summed E-state index contributed by atoms with van der Waals surface area (Å²) in [6.07, 6.45) is 8.62. The topological polar surface area (TPSA) is 82.2 Å². The quantitative estimate of drug-likeness (QED) is 0.441. The molecule has 0 bridgehead atoms. The number of rotatable bonds is 4. The number of fused-ring (bicyclic) bond motifs is 4. The fourth-order valence-electron chi connectivity index (χ4n) is 9.64. The second-order valence-electron chi connectivity index (χ2n) is 12.6. The first kappa shape index (κ1) is 23.6. The van der Waals surface area contributed by atoms with Crippen LogP contribution in [0, 0.1) is 40.4 Å². The average molecular weight is 483 g/mol. The monoisotopic (exact) mass is 482 g/mol. The predicted octanol–water partition coefficient (Wildman–Crippen LogP) is 4.22. The van der Waals surface area contributed by atoms with E-state index in [-0.39, 0.29) is 47.0 Å². The number of allylic oxidation sites excluding steroid dienone is 1. The molecule has 6 rings (SSSR count). The second-order valence-corrected chi connectivity index (χ2v) is 12.6. The molecule has 5 unspecified atom stereocenters. The Morgan fingerprint density at radius 3 is 2.54 bits per heavy atom. The lowest BCUT2D eigenvalue weighted by Crippen LogP contribution is -2.62. The third-order valence-electron chi connectivity index (χ3n) is 11.5. The van der Waals surface area contributed by atoms with Crippen molar-refractivity contribution >= 4 is 17.5 Å². The molecule has 3 saturated carbocycles. The molecule has 0 aromatic heterocycles. The van der Waals surface area contributed by atoms with Crippen LogP contribution in [-0.4, -0.2) is 49.1 Å². The summed E-state index contributed by atoms with van der Waals surface area (Å²) in [7, 11) is 1.60. The van der Waals surface area contributed by atoms with Crippen molar-refractivity contribution < 1.29 is 28.6 Å². The summed E-state index contributed by atoms with van der Waals surface area (Å²) in [5.74, 6) is 1.64. The van der Waals surface area contributed by atoms with E-state index in [2.05, 4.69) is 13.8 Å². The largest absolute Gasteiger partial charge is 0.458 e. The molecule has 2 heterocycles. The Bertz CT molecular complexity index is 1060. The number of epoxide rings is 1. The van der Waals surface area contributed by atoms with E-state index in [1.54, 1.807) is 7.11 Å². The molecule has 4 aliphatic carbocycles. The summed E-state index contributed by atoms with van der Waals surface area (Å²) in [6.45, 7) is 9.05. The first-order valence-corrected chi connectivity index (χ1v) is 13.4. The molecule has 0 aromatic carbocycles. The fraction of sp³-hybridized carbons (Fsp3) is 0.759. The number of carbonyl (C=O) groups is 3. The van der Waals surface area contributed by atoms with Gasteiger partial charge in [-0.2, -0.15) is 0 Å². The van der Waals surface area contributed by atoms with E-state index in [1.807, 2.05) is 13.8 Å². The van der Waals surface area contributed by atoms with Gasteiger partial charge >= 0.3 is 5.97 Å². The van der Waals surface area contributed by atoms with Gasteiger partial charge in [0.25, 0.3) is 0 Å². The summed E-state index contributed by atoms with van der Waals surface area (Å²) < 4.78 is 17.3. The minimum atomic E-state index is -0.904. The molecule has 6 aliphatic rings. The van der Waals surface area contributed by atoms with Gasteiger partial charge < -0.3 is 14.2 Å². The van der Waals surface area contributed by atoms with Crippen LogP contribution in [-0.2, 0) is 28.6 Å². The van der Waals surface area contributed by atoms with Gasteiger partial charge in [-0.15, -0.1) is 0 Å². The highest BCUT2D eigenvalue weighted by Gasteiger charge is 2.80. The van der Waals surface area contributed by atoms with E-state index in [0.29, 0.717) is 29.9 Å². The van der Waals surface area contributed by atoms with Crippen molar-refractivity contribution in [2.24, 2.45) is 40.4 Å². The number of carbonyl (C=O) groups excluding carboxylic acids is 3. The van der Waals surface area contributed by atoms with Gasteiger partial charge in [0.1, 0.15) is 6.10 Å². The standard InChI is InChI=1S/C29H38O6/c1-15-12-22(34-26(32)18(15)14-33-5)16(2)19-6-7-20-17-13-25-29(35-25)24(31)9-8-23(30)28(29,4)21(17)10-11-27(19,20)3/h8-9,16-17,19-22,25H,6-7,10-14H2,1-5H3/t16-,17?,19?,20?,21?,22?,25+,27+,28-,29+/m0/s1. The van der Waals surface area contributed by atoms with Crippen molar-refractivity contribution in [3.63, 3.8) is 0 Å². The zero-order valence-electron chi connectivity index (χ0n) is 21.6. The maximum Gasteiger partial charge on any atom is 0.336 e. The molecule has 1 saturated heterocycles. The van der Waals surface area contributed by atoms with E-state index in [4.69, 9.17) is 14.2 Å². The van der Waals surface area contributed by atoms with E-state index >= 15 is 0 Å². The minimum absolute atomic E-state index is 0.00955. The van der Waals surface area contributed by atoms with Gasteiger partial charge in [-0.3, -0.25) is 9.59 Å². The second kappa shape index (κ2) is 7.61. The third kappa shape index (κ3) is 2.87. The normalized spacial score (nSPS) is 49.1. The van der Waals surface area contributed by atoms with E-state index < -0.39 is 11.0 Å². The first-order valence-electron chi connectivity index (χ1n) is 13.4. The molecule has 35 heavy (non-hydrogen) atoms. The van der Waals surface area contributed by atoms with Crippen LogP contribution in [0.4, 0.5) is 0 Å². The Hall–Kier alpha value is -1.79. The molecule has 6 nitrogen and oxygen atoms in total. The van der Waals surface area contributed by atoms with Gasteiger partial charge in [-0.25, -0.2) is 4.79 Å². The van der Waals surface area contributed by atoms with Gasteiger partial charge in [0.2, 0.25) is 0 Å². The van der Waals surface area contributed by atoms with Gasteiger partial charge in [-0.05, 0) is 93.1 Å². The van der Waals surface area contributed by atoms with E-state index in [0.717, 1.165) is 44.1 Å². The fourth-order valence-corrected chi connectivity index (χ4v) is 9.64. The SMILES string of the molecule is COCC1=C(C)CC([C@@H](C)C2CCC3C4C[C@H]5O[C@]56C(=O)C=CC(=O)[C@]6(C)C4CC[C@@]32C)OC1=O. The molecule has 1 spiro atoms. The van der Waals surface area contributed by atoms with Crippen LogP contribution >= 0.6 is 0 Å². The van der Waals surface area contributed by atoms with Crippen molar-refractivity contribution in [2.45, 2.75) is 84.0 Å². The Labute approximate surface area is 207 Å². The zero-order valence-corrected chi connectivity index (χ0v) is 21.6. The molecular formula is C29H38O6. The van der Waals surface area contributed by atoms with Gasteiger partial charge in [-0.1, -0.05) is 19.4 Å². The minimum Gasteiger partial charge on any atom is -0.458 e. The van der Waals surface area contributed by atoms with Crippen molar-refractivity contribution in [1.29, 1.82) is 0 Å². The lowest BCUT2D eigenvalue weighted by atomic mass is 9.44. The van der Waals surface area contributed by atoms with Crippen LogP contribution in [0.2, 0.25) is 0 Å². The smallest absolute Gasteiger partial charge is 0.336 e. The summed E-state index contributed by atoms with van der Waals surface area (Å²) in [5.41, 5.74) is 0.241. The number of hydrogen-bond donors (Lipinski definition) is 0. The van der Waals surface area contributed by atoms with Gasteiger partial charge in [0, 0.05) is 13.5 Å². The Kier molecular flexibility index (Phi) is 5.13. The summed E-state index contributed by atoms with van der Waals surface area (Å²) in [5, 5.41) is 0. The maximum atomic E-state index is 13.3. The molecule has 6 heteroatoms. The molecule has 2 aliphatic heterocycles. The zero-order chi connectivity index (χ0) is 24.9. The van der Waals surface area contributed by atoms with Crippen LogP contribution < -0.4 is 0 Å². The summed E-state index contributed by atoms with van der Waals surface area (Å²) >= 11 is 0. The van der Waals surface area contributed by atoms with Gasteiger partial charge in [0.05, 0.1) is 23.7 Å². The highest BCUT2D eigenvalue weighted by molar-refractivity contribution is 6.15. The van der Waals surface area contributed by atoms with E-state index in [1.165, 1.54) is 12.2 Å². The van der Waals surface area contributed by atoms with Crippen LogP contribution in [0.1, 0.15) is 66.2 Å². The number of cyclic esters (lactones) is 1. The number of ketones is 2. The molecule has 0 radical (unpaired) electrons. The van der Waals surface area contributed by atoms with Crippen molar-refractivity contribution in [3.05, 3.63) is 23.3 Å². The number of ether oxygens (including phenoxy) is 3. The average Bonchev–Trinajstić information content (AvgIpc) is 3.45.